The van der Waals surface area contributed by atoms with Crippen LogP contribution in [0.3, 0.4) is 0 Å². The molecule has 0 spiro atoms. The van der Waals surface area contributed by atoms with Crippen LogP contribution in [0.15, 0.2) is 0 Å². The molecule has 0 aliphatic carbocycles. The number of carbonyl (C=O) groups excluding carboxylic acids is 1. The number of halogens is 3. The molecule has 1 heterocycles. The van der Waals surface area contributed by atoms with Gasteiger partial charge in [-0.1, -0.05) is 0 Å². The van der Waals surface area contributed by atoms with E-state index >= 15 is 0 Å². The molecule has 1 fully saturated rings. The molecule has 16 heavy (non-hydrogen) atoms. The molecule has 94 valence electrons. The minimum atomic E-state index is -4.37. The van der Waals surface area contributed by atoms with Gasteiger partial charge >= 0.3 is 12.2 Å². The van der Waals surface area contributed by atoms with E-state index in [0.717, 1.165) is 19.4 Å². The second-order valence-electron chi connectivity index (χ2n) is 3.93. The molecule has 2 atom stereocenters. The monoisotopic (exact) mass is 239 g/mol. The van der Waals surface area contributed by atoms with Gasteiger partial charge in [0.25, 0.3) is 0 Å². The molecule has 0 bridgehead atoms. The summed E-state index contributed by atoms with van der Waals surface area (Å²) in [6, 6.07) is -0.787. The van der Waals surface area contributed by atoms with Crippen molar-refractivity contribution in [2.75, 3.05) is 13.1 Å². The molecule has 1 rings (SSSR count). The molecule has 3 N–H and O–H groups in total. The van der Waals surface area contributed by atoms with E-state index < -0.39 is 18.8 Å². The van der Waals surface area contributed by atoms with E-state index in [-0.39, 0.29) is 12.1 Å². The van der Waals surface area contributed by atoms with Crippen LogP contribution in [0.4, 0.5) is 18.0 Å². The van der Waals surface area contributed by atoms with Crippen LogP contribution in [0, 0.1) is 0 Å². The van der Waals surface area contributed by atoms with Crippen molar-refractivity contribution in [2.45, 2.75) is 38.0 Å². The molecule has 1 saturated heterocycles. The van der Waals surface area contributed by atoms with Crippen molar-refractivity contribution in [3.05, 3.63) is 0 Å². The lowest BCUT2D eigenvalue weighted by atomic mass is 10.0. The van der Waals surface area contributed by atoms with Crippen LogP contribution < -0.4 is 16.0 Å². The molecule has 1 aliphatic rings. The lowest BCUT2D eigenvalue weighted by Gasteiger charge is -2.30. The molecule has 7 heteroatoms. The zero-order valence-electron chi connectivity index (χ0n) is 9.03. The third kappa shape index (κ3) is 4.69. The number of rotatable bonds is 2. The van der Waals surface area contributed by atoms with Crippen molar-refractivity contribution >= 4 is 6.03 Å². The van der Waals surface area contributed by atoms with Gasteiger partial charge in [-0.15, -0.1) is 0 Å². The van der Waals surface area contributed by atoms with E-state index in [1.807, 2.05) is 6.92 Å². The molecule has 0 radical (unpaired) electrons. The van der Waals surface area contributed by atoms with Crippen LogP contribution in [0.5, 0.6) is 0 Å². The van der Waals surface area contributed by atoms with E-state index in [4.69, 9.17) is 0 Å². The number of nitrogens with one attached hydrogen (secondary N) is 3. The van der Waals surface area contributed by atoms with Crippen molar-refractivity contribution in [1.82, 2.24) is 16.0 Å². The number of hydrogen-bond acceptors (Lipinski definition) is 2. The van der Waals surface area contributed by atoms with Crippen LogP contribution in [-0.4, -0.2) is 37.4 Å². The first-order valence-corrected chi connectivity index (χ1v) is 5.23. The van der Waals surface area contributed by atoms with Gasteiger partial charge in [0, 0.05) is 12.1 Å². The van der Waals surface area contributed by atoms with Gasteiger partial charge in [0.1, 0.15) is 6.54 Å². The molecule has 0 saturated carbocycles. The maximum Gasteiger partial charge on any atom is 0.405 e. The van der Waals surface area contributed by atoms with Crippen molar-refractivity contribution in [2.24, 2.45) is 0 Å². The molecule has 0 aromatic heterocycles. The summed E-state index contributed by atoms with van der Waals surface area (Å²) in [5.74, 6) is 0. The minimum absolute atomic E-state index is 0.0883. The number of carbonyl (C=O) groups is 1. The van der Waals surface area contributed by atoms with E-state index in [2.05, 4.69) is 10.6 Å². The zero-order valence-corrected chi connectivity index (χ0v) is 9.03. The fourth-order valence-corrected chi connectivity index (χ4v) is 1.64. The second kappa shape index (κ2) is 5.38. The van der Waals surface area contributed by atoms with Crippen molar-refractivity contribution in [1.29, 1.82) is 0 Å². The summed E-state index contributed by atoms with van der Waals surface area (Å²) in [5.41, 5.74) is 0. The Morgan fingerprint density at radius 1 is 1.50 bits per heavy atom. The number of urea groups is 1. The maximum atomic E-state index is 11.8. The van der Waals surface area contributed by atoms with Gasteiger partial charge in [0.15, 0.2) is 0 Å². The SMILES string of the molecule is CC1NCCCC1NC(=O)NCC(F)(F)F. The predicted molar refractivity (Wildman–Crippen MR) is 53.1 cm³/mol. The lowest BCUT2D eigenvalue weighted by molar-refractivity contribution is -0.122. The summed E-state index contributed by atoms with van der Waals surface area (Å²) in [7, 11) is 0. The molecule has 2 unspecified atom stereocenters. The van der Waals surface area contributed by atoms with Gasteiger partial charge in [0.2, 0.25) is 0 Å². The van der Waals surface area contributed by atoms with Crippen molar-refractivity contribution < 1.29 is 18.0 Å². The van der Waals surface area contributed by atoms with Gasteiger partial charge in [-0.3, -0.25) is 0 Å². The summed E-state index contributed by atoms with van der Waals surface area (Å²) in [5, 5.41) is 7.46. The Morgan fingerprint density at radius 2 is 2.19 bits per heavy atom. The molecule has 1 aliphatic heterocycles. The van der Waals surface area contributed by atoms with Gasteiger partial charge in [-0.05, 0) is 26.3 Å². The van der Waals surface area contributed by atoms with Crippen LogP contribution >= 0.6 is 0 Å². The van der Waals surface area contributed by atoms with Gasteiger partial charge < -0.3 is 16.0 Å². The molecule has 0 aromatic carbocycles. The van der Waals surface area contributed by atoms with Crippen LogP contribution in [-0.2, 0) is 0 Å². The smallest absolute Gasteiger partial charge is 0.334 e. The normalized spacial score (nSPS) is 26.2. The Bertz CT molecular complexity index is 245. The van der Waals surface area contributed by atoms with E-state index in [1.165, 1.54) is 0 Å². The van der Waals surface area contributed by atoms with Crippen LogP contribution in [0.1, 0.15) is 19.8 Å². The highest BCUT2D eigenvalue weighted by Crippen LogP contribution is 2.12. The Balaban J connectivity index is 2.28. The van der Waals surface area contributed by atoms with E-state index in [1.54, 1.807) is 5.32 Å². The number of alkyl halides is 3. The summed E-state index contributed by atoms with van der Waals surface area (Å²) >= 11 is 0. The van der Waals surface area contributed by atoms with Gasteiger partial charge in [-0.2, -0.15) is 13.2 Å². The average molecular weight is 239 g/mol. The minimum Gasteiger partial charge on any atom is -0.334 e. The van der Waals surface area contributed by atoms with Crippen molar-refractivity contribution in [3.8, 4) is 0 Å². The zero-order chi connectivity index (χ0) is 12.2. The van der Waals surface area contributed by atoms with Gasteiger partial charge in [-0.25, -0.2) is 4.79 Å². The highest BCUT2D eigenvalue weighted by molar-refractivity contribution is 5.74. The first-order chi connectivity index (χ1) is 7.38. The molecule has 0 aromatic rings. The first-order valence-electron chi connectivity index (χ1n) is 5.23. The number of hydrogen-bond donors (Lipinski definition) is 3. The third-order valence-corrected chi connectivity index (χ3v) is 2.53. The fourth-order valence-electron chi connectivity index (χ4n) is 1.64. The Morgan fingerprint density at radius 3 is 2.75 bits per heavy atom. The fraction of sp³-hybridized carbons (Fsp3) is 0.889. The predicted octanol–water partition coefficient (Wildman–Crippen LogP) is 0.988. The van der Waals surface area contributed by atoms with Crippen LogP contribution in [0.25, 0.3) is 0 Å². The molecule has 4 nitrogen and oxygen atoms in total. The number of amides is 2. The highest BCUT2D eigenvalue weighted by Gasteiger charge is 2.29. The standard InChI is InChI=1S/C9H16F3N3O/c1-6-7(3-2-4-13-6)15-8(16)14-5-9(10,11)12/h6-7,13H,2-5H2,1H3,(H2,14,15,16). The summed E-state index contributed by atoms with van der Waals surface area (Å²) in [6.07, 6.45) is -2.67. The summed E-state index contributed by atoms with van der Waals surface area (Å²) < 4.78 is 35.4. The van der Waals surface area contributed by atoms with Crippen molar-refractivity contribution in [3.63, 3.8) is 0 Å². The Kier molecular flexibility index (Phi) is 4.40. The molecule has 2 amide bonds. The molecular weight excluding hydrogens is 223 g/mol. The third-order valence-electron chi connectivity index (χ3n) is 2.53. The second-order valence-corrected chi connectivity index (χ2v) is 3.93. The topological polar surface area (TPSA) is 53.2 Å². The first kappa shape index (κ1) is 13.1. The Labute approximate surface area is 92.0 Å². The highest BCUT2D eigenvalue weighted by atomic mass is 19.4. The van der Waals surface area contributed by atoms with E-state index in [0.29, 0.717) is 0 Å². The van der Waals surface area contributed by atoms with Gasteiger partial charge in [0.05, 0.1) is 0 Å². The average Bonchev–Trinajstić information content (AvgIpc) is 2.18. The number of piperidine rings is 1. The lowest BCUT2D eigenvalue weighted by Crippen LogP contribution is -2.54. The Hall–Kier alpha value is -0.980. The summed E-state index contributed by atoms with van der Waals surface area (Å²) in [6.45, 7) is 1.48. The summed E-state index contributed by atoms with van der Waals surface area (Å²) in [4.78, 5) is 11.2. The largest absolute Gasteiger partial charge is 0.405 e. The molecular formula is C9H16F3N3O. The van der Waals surface area contributed by atoms with E-state index in [9.17, 15) is 18.0 Å². The van der Waals surface area contributed by atoms with Crippen LogP contribution in [0.2, 0.25) is 0 Å². The quantitative estimate of drug-likeness (QED) is 0.673. The maximum absolute atomic E-state index is 11.8.